The summed E-state index contributed by atoms with van der Waals surface area (Å²) in [6.45, 7) is 2.75. The van der Waals surface area contributed by atoms with Crippen molar-refractivity contribution in [2.24, 2.45) is 0 Å². The summed E-state index contributed by atoms with van der Waals surface area (Å²) in [6, 6.07) is 8.75. The van der Waals surface area contributed by atoms with Crippen molar-refractivity contribution in [1.82, 2.24) is 5.32 Å². The molecule has 0 fully saturated rings. The molecule has 0 aliphatic carbocycles. The molecule has 0 saturated carbocycles. The first-order valence-electron chi connectivity index (χ1n) is 6.43. The zero-order chi connectivity index (χ0) is 15.4. The van der Waals surface area contributed by atoms with Gasteiger partial charge in [-0.05, 0) is 36.4 Å². The van der Waals surface area contributed by atoms with Crippen LogP contribution in [0.15, 0.2) is 39.2 Å². The predicted molar refractivity (Wildman–Crippen MR) is 84.7 cm³/mol. The smallest absolute Gasteiger partial charge is 0.373 e. The summed E-state index contributed by atoms with van der Waals surface area (Å²) in [4.78, 5) is 11.5. The normalized spacial score (nSPS) is 12.2. The Kier molecular flexibility index (Phi) is 5.45. The van der Waals surface area contributed by atoms with E-state index in [1.54, 1.807) is 12.1 Å². The molecule has 0 spiro atoms. The molecule has 2 rings (SSSR count). The van der Waals surface area contributed by atoms with Crippen molar-refractivity contribution >= 4 is 33.5 Å². The molecule has 2 aromatic rings. The number of hydrogen-bond acceptors (Lipinski definition) is 4. The second-order valence-electron chi connectivity index (χ2n) is 4.35. The number of nitrogens with one attached hydrogen (secondary N) is 1. The van der Waals surface area contributed by atoms with Crippen LogP contribution >= 0.6 is 27.5 Å². The van der Waals surface area contributed by atoms with Crippen molar-refractivity contribution in [3.63, 3.8) is 0 Å². The molecule has 21 heavy (non-hydrogen) atoms. The summed E-state index contributed by atoms with van der Waals surface area (Å²) >= 11 is 9.48. The first-order valence-corrected chi connectivity index (χ1v) is 7.60. The van der Waals surface area contributed by atoms with Crippen molar-refractivity contribution in [2.45, 2.75) is 13.0 Å². The summed E-state index contributed by atoms with van der Waals surface area (Å²) in [6.07, 6.45) is 0. The van der Waals surface area contributed by atoms with Crippen LogP contribution in [-0.2, 0) is 4.74 Å². The Morgan fingerprint density at radius 2 is 2.19 bits per heavy atom. The van der Waals surface area contributed by atoms with E-state index in [1.165, 1.54) is 7.11 Å². The zero-order valence-electron chi connectivity index (χ0n) is 11.7. The Bertz CT molecular complexity index is 642. The van der Waals surface area contributed by atoms with E-state index in [4.69, 9.17) is 16.0 Å². The topological polar surface area (TPSA) is 51.5 Å². The highest BCUT2D eigenvalue weighted by molar-refractivity contribution is 9.10. The lowest BCUT2D eigenvalue weighted by Crippen LogP contribution is -2.22. The van der Waals surface area contributed by atoms with Crippen molar-refractivity contribution in [2.75, 3.05) is 13.7 Å². The van der Waals surface area contributed by atoms with Crippen molar-refractivity contribution in [3.8, 4) is 0 Å². The van der Waals surface area contributed by atoms with Gasteiger partial charge in [-0.1, -0.05) is 40.5 Å². The fraction of sp³-hybridized carbons (Fsp3) is 0.267. The van der Waals surface area contributed by atoms with Crippen LogP contribution in [0.25, 0.3) is 0 Å². The molecule has 1 atom stereocenters. The first kappa shape index (κ1) is 16.1. The Balaban J connectivity index is 2.38. The predicted octanol–water partition coefficient (Wildman–Crippen LogP) is 4.18. The highest BCUT2D eigenvalue weighted by Gasteiger charge is 2.21. The standard InChI is InChI=1S/C15H15BrClNO3/c1-3-18-14(10-5-4-9(17)8-11(10)16)12-6-7-13(21-12)15(19)20-2/h4-8,14,18H,3H2,1-2H3. The van der Waals surface area contributed by atoms with E-state index in [9.17, 15) is 4.79 Å². The summed E-state index contributed by atoms with van der Waals surface area (Å²) in [5, 5.41) is 3.98. The number of esters is 1. The molecule has 1 unspecified atom stereocenters. The minimum absolute atomic E-state index is 0.181. The molecule has 1 aromatic heterocycles. The minimum atomic E-state index is -0.494. The number of rotatable bonds is 5. The van der Waals surface area contributed by atoms with Crippen LogP contribution in [0.5, 0.6) is 0 Å². The number of carbonyl (C=O) groups excluding carboxylic acids is 1. The van der Waals surface area contributed by atoms with Crippen molar-refractivity contribution in [3.05, 3.63) is 56.9 Å². The van der Waals surface area contributed by atoms with E-state index in [0.717, 1.165) is 16.6 Å². The quantitative estimate of drug-likeness (QED) is 0.800. The fourth-order valence-corrected chi connectivity index (χ4v) is 2.93. The number of carbonyl (C=O) groups is 1. The van der Waals surface area contributed by atoms with Gasteiger partial charge in [-0.3, -0.25) is 0 Å². The lowest BCUT2D eigenvalue weighted by Gasteiger charge is -2.17. The number of hydrogen-bond donors (Lipinski definition) is 1. The van der Waals surface area contributed by atoms with Gasteiger partial charge in [0.05, 0.1) is 13.2 Å². The Morgan fingerprint density at radius 3 is 2.81 bits per heavy atom. The largest absolute Gasteiger partial charge is 0.463 e. The molecule has 0 radical (unpaired) electrons. The van der Waals surface area contributed by atoms with Gasteiger partial charge in [-0.25, -0.2) is 4.79 Å². The van der Waals surface area contributed by atoms with Gasteiger partial charge < -0.3 is 14.5 Å². The van der Waals surface area contributed by atoms with E-state index >= 15 is 0 Å². The number of benzene rings is 1. The molecular weight excluding hydrogens is 358 g/mol. The summed E-state index contributed by atoms with van der Waals surface area (Å²) < 4.78 is 11.1. The molecular formula is C15H15BrClNO3. The lowest BCUT2D eigenvalue weighted by atomic mass is 10.0. The average Bonchev–Trinajstić information content (AvgIpc) is 2.94. The van der Waals surface area contributed by atoms with Gasteiger partial charge in [0.1, 0.15) is 5.76 Å². The van der Waals surface area contributed by atoms with E-state index in [2.05, 4.69) is 26.0 Å². The molecule has 1 N–H and O–H groups in total. The molecule has 6 heteroatoms. The van der Waals surface area contributed by atoms with Crippen molar-refractivity contribution in [1.29, 1.82) is 0 Å². The summed E-state index contributed by atoms with van der Waals surface area (Å²) in [5.74, 6) is 0.326. The molecule has 0 aliphatic rings. The number of methoxy groups -OCH3 is 1. The van der Waals surface area contributed by atoms with Crippen LogP contribution in [0.4, 0.5) is 0 Å². The highest BCUT2D eigenvalue weighted by Crippen LogP contribution is 2.31. The number of furan rings is 1. The maximum atomic E-state index is 11.5. The molecule has 0 aliphatic heterocycles. The Labute approximate surface area is 136 Å². The zero-order valence-corrected chi connectivity index (χ0v) is 14.0. The molecule has 4 nitrogen and oxygen atoms in total. The van der Waals surface area contributed by atoms with Crippen molar-refractivity contribution < 1.29 is 13.9 Å². The number of ether oxygens (including phenoxy) is 1. The first-order chi connectivity index (χ1) is 10.1. The lowest BCUT2D eigenvalue weighted by molar-refractivity contribution is 0.0562. The summed E-state index contributed by atoms with van der Waals surface area (Å²) in [7, 11) is 1.32. The van der Waals surface area contributed by atoms with Gasteiger partial charge in [-0.15, -0.1) is 0 Å². The third kappa shape index (κ3) is 3.67. The van der Waals surface area contributed by atoms with Crippen LogP contribution in [0.1, 0.15) is 34.8 Å². The number of halogens is 2. The van der Waals surface area contributed by atoms with Gasteiger partial charge in [0, 0.05) is 9.50 Å². The molecule has 1 heterocycles. The second kappa shape index (κ2) is 7.11. The van der Waals surface area contributed by atoms with Crippen LogP contribution in [0.2, 0.25) is 5.02 Å². The Morgan fingerprint density at radius 1 is 1.43 bits per heavy atom. The molecule has 1 aromatic carbocycles. The van der Waals surface area contributed by atoms with E-state index < -0.39 is 5.97 Å². The van der Waals surface area contributed by atoms with Crippen LogP contribution in [0.3, 0.4) is 0 Å². The van der Waals surface area contributed by atoms with Gasteiger partial charge in [0.25, 0.3) is 0 Å². The van der Waals surface area contributed by atoms with Gasteiger partial charge in [-0.2, -0.15) is 0 Å². The van der Waals surface area contributed by atoms with E-state index in [0.29, 0.717) is 10.8 Å². The molecule has 0 bridgehead atoms. The summed E-state index contributed by atoms with van der Waals surface area (Å²) in [5.41, 5.74) is 0.979. The molecule has 0 amide bonds. The Hall–Kier alpha value is -1.30. The van der Waals surface area contributed by atoms with Crippen LogP contribution in [0, 0.1) is 0 Å². The maximum absolute atomic E-state index is 11.5. The highest BCUT2D eigenvalue weighted by atomic mass is 79.9. The van der Waals surface area contributed by atoms with Crippen LogP contribution in [-0.4, -0.2) is 19.6 Å². The SMILES string of the molecule is CCNC(c1ccc(C(=O)OC)o1)c1ccc(Cl)cc1Br. The van der Waals surface area contributed by atoms with E-state index in [-0.39, 0.29) is 11.8 Å². The van der Waals surface area contributed by atoms with E-state index in [1.807, 2.05) is 25.1 Å². The molecule has 0 saturated heterocycles. The monoisotopic (exact) mass is 371 g/mol. The minimum Gasteiger partial charge on any atom is -0.463 e. The van der Waals surface area contributed by atoms with Gasteiger partial charge >= 0.3 is 5.97 Å². The van der Waals surface area contributed by atoms with Crippen LogP contribution < -0.4 is 5.32 Å². The fourth-order valence-electron chi connectivity index (χ4n) is 2.02. The van der Waals surface area contributed by atoms with Gasteiger partial charge in [0.2, 0.25) is 5.76 Å². The third-order valence-electron chi connectivity index (χ3n) is 2.98. The third-order valence-corrected chi connectivity index (χ3v) is 3.90. The van der Waals surface area contributed by atoms with Gasteiger partial charge in [0.15, 0.2) is 0 Å². The second-order valence-corrected chi connectivity index (χ2v) is 5.64. The average molecular weight is 373 g/mol. The maximum Gasteiger partial charge on any atom is 0.373 e. The molecule has 112 valence electrons.